The van der Waals surface area contributed by atoms with E-state index in [2.05, 4.69) is 10.1 Å². The highest BCUT2D eigenvalue weighted by Crippen LogP contribution is 2.31. The van der Waals surface area contributed by atoms with Gasteiger partial charge in [0.05, 0.1) is 13.7 Å². The molecule has 0 aliphatic heterocycles. The predicted octanol–water partition coefficient (Wildman–Crippen LogP) is 5.33. The first-order valence-corrected chi connectivity index (χ1v) is 9.08. The minimum absolute atomic E-state index is 0.273. The Labute approximate surface area is 154 Å². The highest BCUT2D eigenvalue weighted by Gasteiger charge is 2.12. The van der Waals surface area contributed by atoms with Gasteiger partial charge in [0, 0.05) is 10.9 Å². The van der Waals surface area contributed by atoms with Crippen molar-refractivity contribution < 1.29 is 14.0 Å². The second kappa shape index (κ2) is 8.18. The zero-order chi connectivity index (χ0) is 17.6. The molecule has 7 heteroatoms. The summed E-state index contributed by atoms with van der Waals surface area (Å²) in [5, 5.41) is 8.23. The van der Waals surface area contributed by atoms with Crippen LogP contribution in [-0.2, 0) is 0 Å². The fourth-order valence-electron chi connectivity index (χ4n) is 2.15. The summed E-state index contributed by atoms with van der Waals surface area (Å²) in [5.41, 5.74) is 1.76. The maximum absolute atomic E-state index is 6.34. The zero-order valence-corrected chi connectivity index (χ0v) is 15.4. The summed E-state index contributed by atoms with van der Waals surface area (Å²) in [6, 6.07) is 7.52. The summed E-state index contributed by atoms with van der Waals surface area (Å²) in [6.07, 6.45) is 2.67. The molecule has 0 amide bonds. The molecule has 3 aromatic rings. The summed E-state index contributed by atoms with van der Waals surface area (Å²) in [4.78, 5) is 4.33. The summed E-state index contributed by atoms with van der Waals surface area (Å²) in [5.74, 6) is 2.14. The summed E-state index contributed by atoms with van der Waals surface area (Å²) >= 11 is 7.91. The van der Waals surface area contributed by atoms with Crippen LogP contribution in [0.4, 0.5) is 0 Å². The second-order valence-electron chi connectivity index (χ2n) is 5.19. The van der Waals surface area contributed by atoms with Gasteiger partial charge in [0.1, 0.15) is 5.03 Å². The molecule has 0 aliphatic rings. The lowest BCUT2D eigenvalue weighted by molar-refractivity contribution is 0.294. The molecular weight excluding hydrogens is 360 g/mol. The number of ether oxygens (including phenoxy) is 2. The molecule has 0 bridgehead atoms. The molecule has 3 rings (SSSR count). The second-order valence-corrected chi connectivity index (χ2v) is 6.37. The molecule has 1 aromatic carbocycles. The normalized spacial score (nSPS) is 11.6. The van der Waals surface area contributed by atoms with Gasteiger partial charge in [0.25, 0.3) is 5.89 Å². The lowest BCUT2D eigenvalue weighted by Gasteiger charge is -2.10. The lowest BCUT2D eigenvalue weighted by atomic mass is 10.2. The molecule has 0 saturated heterocycles. The standard InChI is InChI=1S/C18H17ClN2O3S/c1-3-7-23-16-10-12(4-5-15(16)22-2)9-14(19)18-20-17(21-24-18)13-6-8-25-11-13/h4-6,8-11H,3,7H2,1-2H3/b14-9-. The first kappa shape index (κ1) is 17.5. The van der Waals surface area contributed by atoms with Crippen LogP contribution in [-0.4, -0.2) is 23.9 Å². The van der Waals surface area contributed by atoms with E-state index in [1.165, 1.54) is 0 Å². The average molecular weight is 377 g/mol. The minimum atomic E-state index is 0.273. The molecule has 0 N–H and O–H groups in total. The zero-order valence-electron chi connectivity index (χ0n) is 13.9. The summed E-state index contributed by atoms with van der Waals surface area (Å²) in [6.45, 7) is 2.67. The quantitative estimate of drug-likeness (QED) is 0.557. The Morgan fingerprint density at radius 3 is 2.92 bits per heavy atom. The Morgan fingerprint density at radius 1 is 1.32 bits per heavy atom. The molecule has 0 fully saturated rings. The number of rotatable bonds is 7. The molecule has 2 aromatic heterocycles. The lowest BCUT2D eigenvalue weighted by Crippen LogP contribution is -1.98. The van der Waals surface area contributed by atoms with E-state index in [1.54, 1.807) is 24.5 Å². The van der Waals surface area contributed by atoms with Gasteiger partial charge in [-0.1, -0.05) is 29.7 Å². The van der Waals surface area contributed by atoms with E-state index in [0.717, 1.165) is 17.5 Å². The van der Waals surface area contributed by atoms with E-state index in [9.17, 15) is 0 Å². The van der Waals surface area contributed by atoms with E-state index in [1.807, 2.05) is 41.9 Å². The van der Waals surface area contributed by atoms with Gasteiger partial charge in [0.2, 0.25) is 5.82 Å². The third kappa shape index (κ3) is 4.21. The largest absolute Gasteiger partial charge is 0.493 e. The third-order valence-electron chi connectivity index (χ3n) is 3.35. The maximum atomic E-state index is 6.34. The van der Waals surface area contributed by atoms with E-state index < -0.39 is 0 Å². The van der Waals surface area contributed by atoms with E-state index in [4.69, 9.17) is 25.6 Å². The van der Waals surface area contributed by atoms with Crippen LogP contribution in [0, 0.1) is 0 Å². The fourth-order valence-corrected chi connectivity index (χ4v) is 2.98. The highest BCUT2D eigenvalue weighted by molar-refractivity contribution is 7.08. The Kier molecular flexibility index (Phi) is 5.73. The SMILES string of the molecule is CCCOc1cc(/C=C(\Cl)c2nc(-c3ccsc3)no2)ccc1OC. The topological polar surface area (TPSA) is 57.4 Å². The molecule has 130 valence electrons. The average Bonchev–Trinajstić information content (AvgIpc) is 3.31. The van der Waals surface area contributed by atoms with Crippen LogP contribution in [0.25, 0.3) is 22.5 Å². The third-order valence-corrected chi connectivity index (χ3v) is 4.31. The number of thiophene rings is 1. The van der Waals surface area contributed by atoms with Crippen molar-refractivity contribution in [1.29, 1.82) is 0 Å². The van der Waals surface area contributed by atoms with Crippen molar-refractivity contribution in [1.82, 2.24) is 10.1 Å². The van der Waals surface area contributed by atoms with Crippen molar-refractivity contribution in [2.45, 2.75) is 13.3 Å². The predicted molar refractivity (Wildman–Crippen MR) is 100 cm³/mol. The number of halogens is 1. The molecule has 0 radical (unpaired) electrons. The number of hydrogen-bond donors (Lipinski definition) is 0. The van der Waals surface area contributed by atoms with Gasteiger partial charge < -0.3 is 14.0 Å². The van der Waals surface area contributed by atoms with Gasteiger partial charge in [-0.3, -0.25) is 0 Å². The summed E-state index contributed by atoms with van der Waals surface area (Å²) in [7, 11) is 1.61. The van der Waals surface area contributed by atoms with Gasteiger partial charge in [-0.2, -0.15) is 16.3 Å². The monoisotopic (exact) mass is 376 g/mol. The van der Waals surface area contributed by atoms with Crippen LogP contribution in [0.5, 0.6) is 11.5 Å². The number of methoxy groups -OCH3 is 1. The van der Waals surface area contributed by atoms with Crippen LogP contribution >= 0.6 is 22.9 Å². The van der Waals surface area contributed by atoms with Gasteiger partial charge in [-0.15, -0.1) is 0 Å². The van der Waals surface area contributed by atoms with Crippen LogP contribution < -0.4 is 9.47 Å². The van der Waals surface area contributed by atoms with Crippen molar-refractivity contribution in [3.63, 3.8) is 0 Å². The summed E-state index contributed by atoms with van der Waals surface area (Å²) < 4.78 is 16.3. The van der Waals surface area contributed by atoms with Crippen molar-refractivity contribution in [3.8, 4) is 22.9 Å². The molecule has 0 unspecified atom stereocenters. The first-order chi connectivity index (χ1) is 12.2. The Balaban J connectivity index is 1.84. The molecule has 0 saturated carbocycles. The molecule has 2 heterocycles. The van der Waals surface area contributed by atoms with Gasteiger partial charge in [0.15, 0.2) is 11.5 Å². The van der Waals surface area contributed by atoms with Gasteiger partial charge >= 0.3 is 0 Å². The van der Waals surface area contributed by atoms with E-state index >= 15 is 0 Å². The van der Waals surface area contributed by atoms with Crippen molar-refractivity contribution >= 4 is 34.0 Å². The van der Waals surface area contributed by atoms with Crippen molar-refractivity contribution in [2.75, 3.05) is 13.7 Å². The number of hydrogen-bond acceptors (Lipinski definition) is 6. The molecule has 0 spiro atoms. The molecule has 0 aliphatic carbocycles. The van der Waals surface area contributed by atoms with E-state index in [0.29, 0.717) is 29.0 Å². The number of nitrogens with zero attached hydrogens (tertiary/aromatic N) is 2. The highest BCUT2D eigenvalue weighted by atomic mass is 35.5. The van der Waals surface area contributed by atoms with Crippen LogP contribution in [0.3, 0.4) is 0 Å². The minimum Gasteiger partial charge on any atom is -0.493 e. The molecule has 0 atom stereocenters. The molecule has 25 heavy (non-hydrogen) atoms. The maximum Gasteiger partial charge on any atom is 0.269 e. The van der Waals surface area contributed by atoms with Gasteiger partial charge in [-0.05, 0) is 41.6 Å². The fraction of sp³-hybridized carbons (Fsp3) is 0.222. The van der Waals surface area contributed by atoms with Crippen molar-refractivity contribution in [3.05, 3.63) is 46.5 Å². The smallest absolute Gasteiger partial charge is 0.269 e. The van der Waals surface area contributed by atoms with Crippen LogP contribution in [0.1, 0.15) is 24.8 Å². The van der Waals surface area contributed by atoms with E-state index in [-0.39, 0.29) is 5.89 Å². The molecular formula is C18H17ClN2O3S. The first-order valence-electron chi connectivity index (χ1n) is 7.76. The Morgan fingerprint density at radius 2 is 2.20 bits per heavy atom. The number of aromatic nitrogens is 2. The van der Waals surface area contributed by atoms with Crippen LogP contribution in [0.15, 0.2) is 39.5 Å². The van der Waals surface area contributed by atoms with Crippen LogP contribution in [0.2, 0.25) is 0 Å². The Hall–Kier alpha value is -2.31. The van der Waals surface area contributed by atoms with Crippen molar-refractivity contribution in [2.24, 2.45) is 0 Å². The molecule has 5 nitrogen and oxygen atoms in total. The number of benzene rings is 1. The Bertz CT molecular complexity index is 859. The van der Waals surface area contributed by atoms with Gasteiger partial charge in [-0.25, -0.2) is 0 Å².